The van der Waals surface area contributed by atoms with Gasteiger partial charge in [-0.2, -0.15) is 0 Å². The van der Waals surface area contributed by atoms with Crippen LogP contribution in [-0.2, 0) is 9.59 Å². The molecule has 1 rings (SSSR count). The van der Waals surface area contributed by atoms with Gasteiger partial charge < -0.3 is 16.0 Å². The van der Waals surface area contributed by atoms with Crippen LogP contribution in [-0.4, -0.2) is 42.4 Å². The van der Waals surface area contributed by atoms with Gasteiger partial charge >= 0.3 is 0 Å². The van der Waals surface area contributed by atoms with E-state index in [0.29, 0.717) is 32.5 Å². The van der Waals surface area contributed by atoms with Crippen molar-refractivity contribution in [3.8, 4) is 0 Å². The Kier molecular flexibility index (Phi) is 4.73. The van der Waals surface area contributed by atoms with Gasteiger partial charge in [0.1, 0.15) is 6.04 Å². The fourth-order valence-electron chi connectivity index (χ4n) is 1.92. The third-order valence-corrected chi connectivity index (χ3v) is 2.96. The minimum absolute atomic E-state index is 0.0394. The summed E-state index contributed by atoms with van der Waals surface area (Å²) in [4.78, 5) is 25.2. The van der Waals surface area contributed by atoms with Crippen molar-refractivity contribution in [3.05, 3.63) is 0 Å². The average Bonchev–Trinajstić information content (AvgIpc) is 2.28. The molecule has 1 fully saturated rings. The van der Waals surface area contributed by atoms with Crippen LogP contribution in [0.3, 0.4) is 0 Å². The molecule has 2 unspecified atom stereocenters. The van der Waals surface area contributed by atoms with E-state index >= 15 is 0 Å². The molecule has 0 aromatic heterocycles. The zero-order chi connectivity index (χ0) is 12.1. The molecule has 0 bridgehead atoms. The summed E-state index contributed by atoms with van der Waals surface area (Å²) in [5, 5.41) is 2.78. The lowest BCUT2D eigenvalue weighted by atomic mass is 10.0. The lowest BCUT2D eigenvalue weighted by Gasteiger charge is -2.35. The van der Waals surface area contributed by atoms with Crippen molar-refractivity contribution < 1.29 is 9.59 Å². The zero-order valence-electron chi connectivity index (χ0n) is 10.0. The zero-order valence-corrected chi connectivity index (χ0v) is 10.0. The Labute approximate surface area is 96.4 Å². The minimum atomic E-state index is -0.300. The van der Waals surface area contributed by atoms with Crippen LogP contribution in [0.25, 0.3) is 0 Å². The molecular weight excluding hydrogens is 206 g/mol. The van der Waals surface area contributed by atoms with Crippen molar-refractivity contribution >= 4 is 11.8 Å². The first-order chi connectivity index (χ1) is 7.60. The predicted octanol–water partition coefficient (Wildman–Crippen LogP) is -0.292. The van der Waals surface area contributed by atoms with Crippen LogP contribution in [0.5, 0.6) is 0 Å². The van der Waals surface area contributed by atoms with E-state index in [9.17, 15) is 9.59 Å². The molecule has 1 saturated heterocycles. The van der Waals surface area contributed by atoms with Gasteiger partial charge in [-0.15, -0.1) is 0 Å². The fourth-order valence-corrected chi connectivity index (χ4v) is 1.92. The van der Waals surface area contributed by atoms with Crippen LogP contribution in [0.2, 0.25) is 0 Å². The fraction of sp³-hybridized carbons (Fsp3) is 0.818. The smallest absolute Gasteiger partial charge is 0.242 e. The summed E-state index contributed by atoms with van der Waals surface area (Å²) in [5.74, 6) is 0.178. The van der Waals surface area contributed by atoms with Gasteiger partial charge in [0.25, 0.3) is 0 Å². The van der Waals surface area contributed by atoms with Crippen LogP contribution in [0, 0.1) is 5.92 Å². The highest BCUT2D eigenvalue weighted by Gasteiger charge is 2.31. The molecule has 92 valence electrons. The monoisotopic (exact) mass is 227 g/mol. The molecule has 5 heteroatoms. The van der Waals surface area contributed by atoms with Gasteiger partial charge in [0.15, 0.2) is 0 Å². The van der Waals surface area contributed by atoms with E-state index in [1.165, 1.54) is 0 Å². The Morgan fingerprint density at radius 2 is 2.38 bits per heavy atom. The highest BCUT2D eigenvalue weighted by molar-refractivity contribution is 5.88. The molecule has 0 aromatic rings. The highest BCUT2D eigenvalue weighted by atomic mass is 16.2. The van der Waals surface area contributed by atoms with E-state index in [-0.39, 0.29) is 23.8 Å². The number of carbonyl (C=O) groups excluding carboxylic acids is 2. The van der Waals surface area contributed by atoms with Crippen molar-refractivity contribution in [2.24, 2.45) is 11.7 Å². The summed E-state index contributed by atoms with van der Waals surface area (Å²) in [6.07, 6.45) is 1.09. The normalized spacial score (nSPS) is 22.8. The van der Waals surface area contributed by atoms with Gasteiger partial charge in [-0.05, 0) is 18.9 Å². The van der Waals surface area contributed by atoms with Crippen molar-refractivity contribution in [2.45, 2.75) is 32.7 Å². The van der Waals surface area contributed by atoms with E-state index in [2.05, 4.69) is 5.32 Å². The molecule has 0 radical (unpaired) electrons. The Balaban J connectivity index is 2.62. The summed E-state index contributed by atoms with van der Waals surface area (Å²) in [5.41, 5.74) is 5.49. The van der Waals surface area contributed by atoms with Gasteiger partial charge in [-0.1, -0.05) is 13.8 Å². The van der Waals surface area contributed by atoms with Crippen LogP contribution < -0.4 is 11.1 Å². The number of nitrogens with zero attached hydrogens (tertiary/aromatic N) is 1. The van der Waals surface area contributed by atoms with E-state index < -0.39 is 0 Å². The van der Waals surface area contributed by atoms with Crippen LogP contribution in [0.15, 0.2) is 0 Å². The maximum Gasteiger partial charge on any atom is 0.242 e. The molecule has 5 nitrogen and oxygen atoms in total. The third-order valence-electron chi connectivity index (χ3n) is 2.96. The second-order valence-electron chi connectivity index (χ2n) is 4.35. The molecule has 2 amide bonds. The number of hydrogen-bond acceptors (Lipinski definition) is 3. The van der Waals surface area contributed by atoms with E-state index in [1.54, 1.807) is 4.90 Å². The predicted molar refractivity (Wildman–Crippen MR) is 61.6 cm³/mol. The first-order valence-corrected chi connectivity index (χ1v) is 5.87. The standard InChI is InChI=1S/C11H21N3O2/c1-3-9-11(16)13-4-5-14(9)10(15)6-8(2)7-12/h8-9H,3-7,12H2,1-2H3,(H,13,16). The SMILES string of the molecule is CCC1C(=O)NCCN1C(=O)CC(C)CN. The molecule has 0 saturated carbocycles. The molecule has 0 aromatic carbocycles. The first kappa shape index (κ1) is 13.0. The van der Waals surface area contributed by atoms with Gasteiger partial charge in [-0.3, -0.25) is 9.59 Å². The Morgan fingerprint density at radius 1 is 1.69 bits per heavy atom. The maximum absolute atomic E-state index is 12.0. The molecule has 16 heavy (non-hydrogen) atoms. The largest absolute Gasteiger partial charge is 0.353 e. The van der Waals surface area contributed by atoms with Crippen LogP contribution >= 0.6 is 0 Å². The summed E-state index contributed by atoms with van der Waals surface area (Å²) in [6.45, 7) is 5.53. The van der Waals surface area contributed by atoms with Crippen LogP contribution in [0.4, 0.5) is 0 Å². The molecule has 1 heterocycles. The minimum Gasteiger partial charge on any atom is -0.353 e. The van der Waals surface area contributed by atoms with Crippen molar-refractivity contribution in [1.29, 1.82) is 0 Å². The van der Waals surface area contributed by atoms with Crippen molar-refractivity contribution in [3.63, 3.8) is 0 Å². The third kappa shape index (κ3) is 2.95. The van der Waals surface area contributed by atoms with E-state index in [0.717, 1.165) is 0 Å². The number of nitrogens with one attached hydrogen (secondary N) is 1. The lowest BCUT2D eigenvalue weighted by Crippen LogP contribution is -2.57. The molecule has 1 aliphatic rings. The summed E-state index contributed by atoms with van der Waals surface area (Å²) < 4.78 is 0. The Bertz CT molecular complexity index is 268. The molecule has 0 spiro atoms. The number of amides is 2. The average molecular weight is 227 g/mol. The van der Waals surface area contributed by atoms with E-state index in [1.807, 2.05) is 13.8 Å². The quantitative estimate of drug-likeness (QED) is 0.693. The number of hydrogen-bond donors (Lipinski definition) is 2. The number of rotatable bonds is 4. The summed E-state index contributed by atoms with van der Waals surface area (Å²) in [6, 6.07) is -0.300. The molecule has 2 atom stereocenters. The molecule has 0 aliphatic carbocycles. The van der Waals surface area contributed by atoms with Crippen molar-refractivity contribution in [2.75, 3.05) is 19.6 Å². The Hall–Kier alpha value is -1.10. The maximum atomic E-state index is 12.0. The van der Waals surface area contributed by atoms with Crippen LogP contribution in [0.1, 0.15) is 26.7 Å². The molecular formula is C11H21N3O2. The van der Waals surface area contributed by atoms with Gasteiger partial charge in [-0.25, -0.2) is 0 Å². The Morgan fingerprint density at radius 3 is 2.94 bits per heavy atom. The van der Waals surface area contributed by atoms with Gasteiger partial charge in [0.05, 0.1) is 0 Å². The lowest BCUT2D eigenvalue weighted by molar-refractivity contribution is -0.143. The second kappa shape index (κ2) is 5.84. The molecule has 1 aliphatic heterocycles. The second-order valence-corrected chi connectivity index (χ2v) is 4.35. The number of nitrogens with two attached hydrogens (primary N) is 1. The topological polar surface area (TPSA) is 75.4 Å². The van der Waals surface area contributed by atoms with Gasteiger partial charge in [0, 0.05) is 19.5 Å². The first-order valence-electron chi connectivity index (χ1n) is 5.87. The molecule has 3 N–H and O–H groups in total. The number of carbonyl (C=O) groups is 2. The summed E-state index contributed by atoms with van der Waals surface area (Å²) in [7, 11) is 0. The van der Waals surface area contributed by atoms with E-state index in [4.69, 9.17) is 5.73 Å². The number of piperazine rings is 1. The van der Waals surface area contributed by atoms with Crippen molar-refractivity contribution in [1.82, 2.24) is 10.2 Å². The highest BCUT2D eigenvalue weighted by Crippen LogP contribution is 2.12. The summed E-state index contributed by atoms with van der Waals surface area (Å²) >= 11 is 0. The van der Waals surface area contributed by atoms with Gasteiger partial charge in [0.2, 0.25) is 11.8 Å².